The normalized spacial score (nSPS) is 20.5. The molecule has 0 N–H and O–H groups in total. The van der Waals surface area contributed by atoms with Gasteiger partial charge in [-0.15, -0.1) is 0 Å². The van der Waals surface area contributed by atoms with E-state index in [2.05, 4.69) is 0 Å². The summed E-state index contributed by atoms with van der Waals surface area (Å²) in [5.41, 5.74) is 0.884. The molecule has 0 bridgehead atoms. The third-order valence-corrected chi connectivity index (χ3v) is 4.47. The highest BCUT2D eigenvalue weighted by Crippen LogP contribution is 2.28. The Morgan fingerprint density at radius 3 is 2.48 bits per heavy atom. The zero-order valence-corrected chi connectivity index (χ0v) is 14.9. The van der Waals surface area contributed by atoms with Crippen LogP contribution < -0.4 is 0 Å². The summed E-state index contributed by atoms with van der Waals surface area (Å²) in [4.78, 5) is 38.0. The first kappa shape index (κ1) is 19.0. The molecular weight excluding hydrogens is 322 g/mol. The van der Waals surface area contributed by atoms with Crippen LogP contribution in [0, 0.1) is 5.92 Å². The SMILES string of the molecule is COC(=O)C[C@@H]1CC(=O)C[C@H](C(C)C)N1C(=O)OCc1ccccc1. The average Bonchev–Trinajstić information content (AvgIpc) is 2.59. The number of methoxy groups -OCH3 is 1. The van der Waals surface area contributed by atoms with Gasteiger partial charge in [0.15, 0.2) is 0 Å². The number of carbonyl (C=O) groups is 3. The number of Topliss-reactive ketones (excluding diaryl/α,β-unsaturated/α-hetero) is 1. The maximum absolute atomic E-state index is 12.7. The van der Waals surface area contributed by atoms with E-state index in [1.54, 1.807) is 4.90 Å². The van der Waals surface area contributed by atoms with Crippen LogP contribution in [0.5, 0.6) is 0 Å². The predicted molar refractivity (Wildman–Crippen MR) is 91.8 cm³/mol. The van der Waals surface area contributed by atoms with E-state index in [1.165, 1.54) is 7.11 Å². The van der Waals surface area contributed by atoms with E-state index in [1.807, 2.05) is 44.2 Å². The Morgan fingerprint density at radius 1 is 1.20 bits per heavy atom. The smallest absolute Gasteiger partial charge is 0.410 e. The first-order chi connectivity index (χ1) is 11.9. The second-order valence-corrected chi connectivity index (χ2v) is 6.64. The van der Waals surface area contributed by atoms with Crippen LogP contribution in [0.1, 0.15) is 38.7 Å². The van der Waals surface area contributed by atoms with Crippen LogP contribution in [-0.4, -0.2) is 41.9 Å². The molecular formula is C19H25NO5. The molecule has 0 aromatic heterocycles. The summed E-state index contributed by atoms with van der Waals surface area (Å²) in [7, 11) is 1.30. The van der Waals surface area contributed by atoms with Crippen LogP contribution in [0.3, 0.4) is 0 Å². The van der Waals surface area contributed by atoms with Gasteiger partial charge in [0.25, 0.3) is 0 Å². The molecule has 1 saturated heterocycles. The zero-order valence-electron chi connectivity index (χ0n) is 14.9. The third-order valence-electron chi connectivity index (χ3n) is 4.47. The third kappa shape index (κ3) is 5.05. The van der Waals surface area contributed by atoms with Gasteiger partial charge in [0.1, 0.15) is 12.4 Å². The minimum absolute atomic E-state index is 0.00804. The van der Waals surface area contributed by atoms with Gasteiger partial charge in [0.05, 0.1) is 19.6 Å². The minimum Gasteiger partial charge on any atom is -0.469 e. The number of likely N-dealkylation sites (tertiary alicyclic amines) is 1. The van der Waals surface area contributed by atoms with Crippen molar-refractivity contribution in [3.8, 4) is 0 Å². The van der Waals surface area contributed by atoms with Crippen molar-refractivity contribution in [3.63, 3.8) is 0 Å². The highest BCUT2D eigenvalue weighted by atomic mass is 16.6. The van der Waals surface area contributed by atoms with Crippen LogP contribution in [0.2, 0.25) is 0 Å². The molecule has 1 amide bonds. The van der Waals surface area contributed by atoms with Gasteiger partial charge in [-0.2, -0.15) is 0 Å². The van der Waals surface area contributed by atoms with Gasteiger partial charge in [0, 0.05) is 18.9 Å². The fourth-order valence-corrected chi connectivity index (χ4v) is 3.13. The van der Waals surface area contributed by atoms with Crippen LogP contribution in [0.15, 0.2) is 30.3 Å². The summed E-state index contributed by atoms with van der Waals surface area (Å²) >= 11 is 0. The molecule has 1 aromatic carbocycles. The number of benzene rings is 1. The molecule has 1 aliphatic heterocycles. The number of carbonyl (C=O) groups excluding carboxylic acids is 3. The molecule has 0 radical (unpaired) electrons. The molecule has 2 rings (SSSR count). The van der Waals surface area contributed by atoms with Crippen LogP contribution in [-0.2, 0) is 25.7 Å². The predicted octanol–water partition coefficient (Wildman–Crippen LogP) is 2.94. The van der Waals surface area contributed by atoms with E-state index in [9.17, 15) is 14.4 Å². The van der Waals surface area contributed by atoms with E-state index in [0.717, 1.165) is 5.56 Å². The Hall–Kier alpha value is -2.37. The van der Waals surface area contributed by atoms with E-state index < -0.39 is 18.1 Å². The molecule has 1 heterocycles. The highest BCUT2D eigenvalue weighted by Gasteiger charge is 2.41. The lowest BCUT2D eigenvalue weighted by Crippen LogP contribution is -2.55. The fourth-order valence-electron chi connectivity index (χ4n) is 3.13. The number of ketones is 1. The van der Waals surface area contributed by atoms with Crippen molar-refractivity contribution in [2.24, 2.45) is 5.92 Å². The van der Waals surface area contributed by atoms with E-state index in [4.69, 9.17) is 9.47 Å². The van der Waals surface area contributed by atoms with Crippen LogP contribution in [0.4, 0.5) is 4.79 Å². The molecule has 2 atom stereocenters. The lowest BCUT2D eigenvalue weighted by atomic mass is 9.87. The molecule has 0 aliphatic carbocycles. The first-order valence-electron chi connectivity index (χ1n) is 8.50. The van der Waals surface area contributed by atoms with Crippen LogP contribution >= 0.6 is 0 Å². The lowest BCUT2D eigenvalue weighted by Gasteiger charge is -2.42. The number of ether oxygens (including phenoxy) is 2. The molecule has 1 aliphatic rings. The second-order valence-electron chi connectivity index (χ2n) is 6.64. The number of rotatable bonds is 5. The van der Waals surface area contributed by atoms with Crippen molar-refractivity contribution in [1.82, 2.24) is 4.90 Å². The molecule has 0 spiro atoms. The van der Waals surface area contributed by atoms with Gasteiger partial charge in [-0.1, -0.05) is 44.2 Å². The minimum atomic E-state index is -0.524. The average molecular weight is 347 g/mol. The van der Waals surface area contributed by atoms with Gasteiger partial charge in [-0.3, -0.25) is 9.59 Å². The maximum Gasteiger partial charge on any atom is 0.410 e. The Morgan fingerprint density at radius 2 is 1.88 bits per heavy atom. The largest absolute Gasteiger partial charge is 0.469 e. The standard InChI is InChI=1S/C19H25NO5/c1-13(2)17-11-16(21)9-15(10-18(22)24-3)20(17)19(23)25-12-14-7-5-4-6-8-14/h4-8,13,15,17H,9-12H2,1-3H3/t15-,17+/m0/s1. The van der Waals surface area contributed by atoms with Crippen LogP contribution in [0.25, 0.3) is 0 Å². The zero-order chi connectivity index (χ0) is 18.4. The fraction of sp³-hybridized carbons (Fsp3) is 0.526. The first-order valence-corrected chi connectivity index (χ1v) is 8.50. The van der Waals surface area contributed by atoms with E-state index >= 15 is 0 Å². The molecule has 1 fully saturated rings. The molecule has 0 saturated carbocycles. The van der Waals surface area contributed by atoms with E-state index in [0.29, 0.717) is 0 Å². The molecule has 6 nitrogen and oxygen atoms in total. The number of nitrogens with zero attached hydrogens (tertiary/aromatic N) is 1. The molecule has 136 valence electrons. The summed E-state index contributed by atoms with van der Waals surface area (Å²) in [5.74, 6) is -0.309. The topological polar surface area (TPSA) is 72.9 Å². The van der Waals surface area contributed by atoms with Crippen molar-refractivity contribution >= 4 is 17.8 Å². The number of amides is 1. The van der Waals surface area contributed by atoms with Crippen molar-refractivity contribution in [3.05, 3.63) is 35.9 Å². The summed E-state index contributed by atoms with van der Waals surface area (Å²) in [6, 6.07) is 8.59. The Balaban J connectivity index is 2.14. The van der Waals surface area contributed by atoms with Crippen molar-refractivity contribution in [2.75, 3.05) is 7.11 Å². The van der Waals surface area contributed by atoms with E-state index in [-0.39, 0.29) is 43.6 Å². The summed E-state index contributed by atoms with van der Waals surface area (Å²) in [5, 5.41) is 0. The Kier molecular flexibility index (Phi) is 6.56. The maximum atomic E-state index is 12.7. The van der Waals surface area contributed by atoms with Gasteiger partial charge in [-0.25, -0.2) is 4.79 Å². The van der Waals surface area contributed by atoms with Gasteiger partial charge >= 0.3 is 12.1 Å². The van der Waals surface area contributed by atoms with Crippen molar-refractivity contribution < 1.29 is 23.9 Å². The number of piperidine rings is 1. The summed E-state index contributed by atoms with van der Waals surface area (Å²) in [6.07, 6.45) is -0.0654. The number of esters is 1. The van der Waals surface area contributed by atoms with Crippen molar-refractivity contribution in [2.45, 2.75) is 51.8 Å². The van der Waals surface area contributed by atoms with Crippen molar-refractivity contribution in [1.29, 1.82) is 0 Å². The monoisotopic (exact) mass is 347 g/mol. The molecule has 25 heavy (non-hydrogen) atoms. The summed E-state index contributed by atoms with van der Waals surface area (Å²) < 4.78 is 10.2. The van der Waals surface area contributed by atoms with Gasteiger partial charge in [-0.05, 0) is 11.5 Å². The van der Waals surface area contributed by atoms with Gasteiger partial charge in [0.2, 0.25) is 0 Å². The second kappa shape index (κ2) is 8.65. The molecule has 0 unspecified atom stereocenters. The number of hydrogen-bond acceptors (Lipinski definition) is 5. The highest BCUT2D eigenvalue weighted by molar-refractivity contribution is 5.84. The lowest BCUT2D eigenvalue weighted by molar-refractivity contribution is -0.143. The quantitative estimate of drug-likeness (QED) is 0.766. The Labute approximate surface area is 148 Å². The summed E-state index contributed by atoms with van der Waals surface area (Å²) in [6.45, 7) is 4.06. The van der Waals surface area contributed by atoms with Gasteiger partial charge < -0.3 is 14.4 Å². The molecule has 1 aromatic rings. The number of hydrogen-bond donors (Lipinski definition) is 0. The molecule has 6 heteroatoms. The Bertz CT molecular complexity index is 614.